The van der Waals surface area contributed by atoms with Crippen molar-refractivity contribution in [1.82, 2.24) is 14.9 Å². The summed E-state index contributed by atoms with van der Waals surface area (Å²) in [4.78, 5) is 0.202. The molecule has 1 atom stereocenters. The van der Waals surface area contributed by atoms with Gasteiger partial charge >= 0.3 is 0 Å². The molecule has 1 aromatic carbocycles. The minimum absolute atomic E-state index is 0.202. The number of rotatable bonds is 7. The van der Waals surface area contributed by atoms with Crippen LogP contribution in [0.2, 0.25) is 0 Å². The van der Waals surface area contributed by atoms with Crippen LogP contribution in [-0.2, 0) is 10.0 Å². The van der Waals surface area contributed by atoms with E-state index >= 15 is 0 Å². The predicted octanol–water partition coefficient (Wildman–Crippen LogP) is 2.76. The van der Waals surface area contributed by atoms with Crippen molar-refractivity contribution in [3.8, 4) is 5.75 Å². The quantitative estimate of drug-likeness (QED) is 0.822. The highest BCUT2D eigenvalue weighted by atomic mass is 32.2. The minimum atomic E-state index is -3.73. The Morgan fingerprint density at radius 2 is 1.96 bits per heavy atom. The van der Waals surface area contributed by atoms with Crippen molar-refractivity contribution in [2.45, 2.75) is 45.1 Å². The molecule has 8 heteroatoms. The van der Waals surface area contributed by atoms with Crippen molar-refractivity contribution in [3.05, 3.63) is 35.5 Å². The van der Waals surface area contributed by atoms with Crippen molar-refractivity contribution >= 4 is 10.0 Å². The summed E-state index contributed by atoms with van der Waals surface area (Å²) in [5.41, 5.74) is 0.604. The van der Waals surface area contributed by atoms with Gasteiger partial charge in [0.2, 0.25) is 21.8 Å². The van der Waals surface area contributed by atoms with Gasteiger partial charge in [0, 0.05) is 6.92 Å². The number of nitrogens with zero attached hydrogens (tertiary/aromatic N) is 2. The molecule has 0 spiro atoms. The Balaban J connectivity index is 2.33. The van der Waals surface area contributed by atoms with Gasteiger partial charge < -0.3 is 9.15 Å². The summed E-state index contributed by atoms with van der Waals surface area (Å²) in [5.74, 6) is 1.54. The molecule has 1 heterocycles. The summed E-state index contributed by atoms with van der Waals surface area (Å²) in [6.45, 7) is 7.41. The first-order valence-electron chi connectivity index (χ1n) is 7.70. The highest BCUT2D eigenvalue weighted by Gasteiger charge is 2.27. The molecular formula is C16H23N3O4S. The molecule has 2 aromatic rings. The molecule has 0 saturated heterocycles. The summed E-state index contributed by atoms with van der Waals surface area (Å²) < 4.78 is 38.8. The zero-order chi connectivity index (χ0) is 17.9. The molecule has 1 unspecified atom stereocenters. The average molecular weight is 353 g/mol. The molecule has 1 aromatic heterocycles. The second-order valence-corrected chi connectivity index (χ2v) is 7.78. The van der Waals surface area contributed by atoms with Gasteiger partial charge in [-0.3, -0.25) is 0 Å². The van der Waals surface area contributed by atoms with Gasteiger partial charge in [-0.1, -0.05) is 13.8 Å². The Labute approximate surface area is 142 Å². The number of ether oxygens (including phenoxy) is 1. The number of aromatic nitrogens is 2. The smallest absolute Gasteiger partial charge is 0.241 e. The Morgan fingerprint density at radius 3 is 2.46 bits per heavy atom. The molecule has 0 aliphatic heterocycles. The molecular weight excluding hydrogens is 330 g/mol. The lowest BCUT2D eigenvalue weighted by Crippen LogP contribution is -2.30. The van der Waals surface area contributed by atoms with E-state index in [9.17, 15) is 8.42 Å². The summed E-state index contributed by atoms with van der Waals surface area (Å²) in [6.07, 6.45) is 0.552. The molecule has 0 saturated carbocycles. The molecule has 0 bridgehead atoms. The molecule has 0 aliphatic rings. The van der Waals surface area contributed by atoms with Crippen LogP contribution in [0.25, 0.3) is 0 Å². The third-order valence-electron chi connectivity index (χ3n) is 3.52. The van der Waals surface area contributed by atoms with Crippen LogP contribution in [0.4, 0.5) is 0 Å². The lowest BCUT2D eigenvalue weighted by molar-refractivity contribution is 0.372. The first-order chi connectivity index (χ1) is 11.2. The SMILES string of the molecule is COc1ccc(S(=O)(=O)NC(CC(C)C)c2nnc(C)o2)c(C)c1. The van der Waals surface area contributed by atoms with Gasteiger partial charge in [-0.2, -0.15) is 4.72 Å². The third-order valence-corrected chi connectivity index (χ3v) is 5.15. The minimum Gasteiger partial charge on any atom is -0.497 e. The summed E-state index contributed by atoms with van der Waals surface area (Å²) in [5, 5.41) is 7.75. The fraction of sp³-hybridized carbons (Fsp3) is 0.500. The first kappa shape index (κ1) is 18.4. The van der Waals surface area contributed by atoms with Gasteiger partial charge in [0.25, 0.3) is 0 Å². The van der Waals surface area contributed by atoms with E-state index in [-0.39, 0.29) is 16.7 Å². The second kappa shape index (κ2) is 7.31. The summed E-state index contributed by atoms with van der Waals surface area (Å²) in [7, 11) is -2.19. The van der Waals surface area contributed by atoms with Crippen molar-refractivity contribution in [2.75, 3.05) is 7.11 Å². The van der Waals surface area contributed by atoms with E-state index in [4.69, 9.17) is 9.15 Å². The molecule has 7 nitrogen and oxygen atoms in total. The standard InChI is InChI=1S/C16H23N3O4S/c1-10(2)8-14(16-18-17-12(4)23-16)19-24(20,21)15-7-6-13(22-5)9-11(15)3/h6-7,9-10,14,19H,8H2,1-5H3. The maximum absolute atomic E-state index is 12.8. The molecule has 1 N–H and O–H groups in total. The first-order valence-corrected chi connectivity index (χ1v) is 9.18. The molecule has 2 rings (SSSR count). The van der Waals surface area contributed by atoms with E-state index in [1.54, 1.807) is 26.0 Å². The zero-order valence-electron chi connectivity index (χ0n) is 14.5. The average Bonchev–Trinajstić information content (AvgIpc) is 2.92. The Kier molecular flexibility index (Phi) is 5.61. The molecule has 0 aliphatic carbocycles. The number of sulfonamides is 1. The highest BCUT2D eigenvalue weighted by Crippen LogP contribution is 2.26. The lowest BCUT2D eigenvalue weighted by Gasteiger charge is -2.18. The van der Waals surface area contributed by atoms with Gasteiger partial charge in [0.05, 0.1) is 12.0 Å². The van der Waals surface area contributed by atoms with Crippen LogP contribution < -0.4 is 9.46 Å². The van der Waals surface area contributed by atoms with Gasteiger partial charge in [-0.05, 0) is 43.0 Å². The van der Waals surface area contributed by atoms with Crippen molar-refractivity contribution < 1.29 is 17.6 Å². The van der Waals surface area contributed by atoms with Crippen molar-refractivity contribution in [3.63, 3.8) is 0 Å². The molecule has 24 heavy (non-hydrogen) atoms. The number of methoxy groups -OCH3 is 1. The van der Waals surface area contributed by atoms with Gasteiger partial charge in [0.15, 0.2) is 0 Å². The van der Waals surface area contributed by atoms with Crippen LogP contribution in [0.1, 0.15) is 43.7 Å². The predicted molar refractivity (Wildman–Crippen MR) is 89.3 cm³/mol. The van der Waals surface area contributed by atoms with Crippen LogP contribution >= 0.6 is 0 Å². The van der Waals surface area contributed by atoms with E-state index in [0.717, 1.165) is 0 Å². The molecule has 0 radical (unpaired) electrons. The van der Waals surface area contributed by atoms with E-state index < -0.39 is 16.1 Å². The van der Waals surface area contributed by atoms with Gasteiger partial charge in [-0.15, -0.1) is 10.2 Å². The van der Waals surface area contributed by atoms with Crippen LogP contribution in [-0.4, -0.2) is 25.7 Å². The van der Waals surface area contributed by atoms with Crippen LogP contribution in [0.15, 0.2) is 27.5 Å². The second-order valence-electron chi connectivity index (χ2n) is 6.09. The van der Waals surface area contributed by atoms with E-state index in [2.05, 4.69) is 14.9 Å². The molecule has 0 fully saturated rings. The Bertz CT molecular complexity index is 799. The normalized spacial score (nSPS) is 13.2. The van der Waals surface area contributed by atoms with Crippen LogP contribution in [0.5, 0.6) is 5.75 Å². The van der Waals surface area contributed by atoms with Crippen LogP contribution in [0.3, 0.4) is 0 Å². The summed E-state index contributed by atoms with van der Waals surface area (Å²) >= 11 is 0. The summed E-state index contributed by atoms with van der Waals surface area (Å²) in [6, 6.07) is 4.26. The topological polar surface area (TPSA) is 94.3 Å². The molecule has 0 amide bonds. The number of nitrogens with one attached hydrogen (secondary N) is 1. The number of hydrogen-bond donors (Lipinski definition) is 1. The fourth-order valence-electron chi connectivity index (χ4n) is 2.42. The fourth-order valence-corrected chi connectivity index (χ4v) is 3.85. The lowest BCUT2D eigenvalue weighted by atomic mass is 10.0. The highest BCUT2D eigenvalue weighted by molar-refractivity contribution is 7.89. The zero-order valence-corrected chi connectivity index (χ0v) is 15.3. The monoisotopic (exact) mass is 353 g/mol. The van der Waals surface area contributed by atoms with Crippen molar-refractivity contribution in [2.24, 2.45) is 5.92 Å². The van der Waals surface area contributed by atoms with E-state index in [1.807, 2.05) is 13.8 Å². The number of benzene rings is 1. The molecule has 132 valence electrons. The third kappa shape index (κ3) is 4.33. The van der Waals surface area contributed by atoms with Gasteiger partial charge in [0.1, 0.15) is 11.8 Å². The maximum atomic E-state index is 12.8. The Hall–Kier alpha value is -1.93. The van der Waals surface area contributed by atoms with Crippen LogP contribution in [0, 0.1) is 19.8 Å². The van der Waals surface area contributed by atoms with Gasteiger partial charge in [-0.25, -0.2) is 8.42 Å². The van der Waals surface area contributed by atoms with E-state index in [1.165, 1.54) is 13.2 Å². The number of hydrogen-bond acceptors (Lipinski definition) is 6. The largest absolute Gasteiger partial charge is 0.497 e. The number of aryl methyl sites for hydroxylation is 2. The van der Waals surface area contributed by atoms with E-state index in [0.29, 0.717) is 23.6 Å². The Morgan fingerprint density at radius 1 is 1.25 bits per heavy atom. The van der Waals surface area contributed by atoms with Crippen molar-refractivity contribution in [1.29, 1.82) is 0 Å². The maximum Gasteiger partial charge on any atom is 0.241 e.